The molecule has 0 spiro atoms. The Labute approximate surface area is 110 Å². The standard InChI is InChI=1S/C13H20F4O2/c1-9-3-5-10(6-4-9)11(18)19-8-7-13(16,17)12(2,14)15/h9-10H,3-8H2,1-2H3. The van der Waals surface area contributed by atoms with Gasteiger partial charge in [0.1, 0.15) is 0 Å². The highest BCUT2D eigenvalue weighted by molar-refractivity contribution is 5.72. The summed E-state index contributed by atoms with van der Waals surface area (Å²) < 4.78 is 55.6. The van der Waals surface area contributed by atoms with Gasteiger partial charge in [0.2, 0.25) is 0 Å². The normalized spacial score (nSPS) is 25.2. The highest BCUT2D eigenvalue weighted by atomic mass is 19.3. The highest BCUT2D eigenvalue weighted by Crippen LogP contribution is 2.36. The number of ether oxygens (including phenoxy) is 1. The molecule has 0 aromatic carbocycles. The van der Waals surface area contributed by atoms with Crippen molar-refractivity contribution in [1.82, 2.24) is 0 Å². The van der Waals surface area contributed by atoms with Gasteiger partial charge in [0.15, 0.2) is 0 Å². The van der Waals surface area contributed by atoms with E-state index in [1.54, 1.807) is 0 Å². The Hall–Kier alpha value is -0.810. The smallest absolute Gasteiger partial charge is 0.313 e. The minimum absolute atomic E-state index is 0.164. The zero-order valence-corrected chi connectivity index (χ0v) is 11.2. The molecular formula is C13H20F4O2. The van der Waals surface area contributed by atoms with E-state index in [0.717, 1.165) is 12.8 Å². The lowest BCUT2D eigenvalue weighted by Gasteiger charge is -2.26. The zero-order valence-electron chi connectivity index (χ0n) is 11.2. The summed E-state index contributed by atoms with van der Waals surface area (Å²) in [4.78, 5) is 11.6. The second kappa shape index (κ2) is 6.09. The van der Waals surface area contributed by atoms with Crippen molar-refractivity contribution in [3.05, 3.63) is 0 Å². The van der Waals surface area contributed by atoms with E-state index in [9.17, 15) is 22.4 Å². The van der Waals surface area contributed by atoms with Gasteiger partial charge in [-0.3, -0.25) is 4.79 Å². The van der Waals surface area contributed by atoms with Gasteiger partial charge in [0.05, 0.1) is 18.9 Å². The molecule has 0 N–H and O–H groups in total. The van der Waals surface area contributed by atoms with Gasteiger partial charge < -0.3 is 4.74 Å². The monoisotopic (exact) mass is 284 g/mol. The molecule has 1 saturated carbocycles. The zero-order chi connectivity index (χ0) is 14.7. The molecule has 1 rings (SSSR count). The van der Waals surface area contributed by atoms with Gasteiger partial charge in [-0.15, -0.1) is 0 Å². The summed E-state index contributed by atoms with van der Waals surface area (Å²) in [6, 6.07) is 0. The van der Waals surface area contributed by atoms with Crippen LogP contribution in [0.3, 0.4) is 0 Å². The number of carbonyl (C=O) groups is 1. The van der Waals surface area contributed by atoms with E-state index in [-0.39, 0.29) is 12.8 Å². The van der Waals surface area contributed by atoms with Crippen LogP contribution in [0.4, 0.5) is 17.6 Å². The summed E-state index contributed by atoms with van der Waals surface area (Å²) in [6.07, 6.45) is 2.03. The predicted molar refractivity (Wildman–Crippen MR) is 62.3 cm³/mol. The Morgan fingerprint density at radius 3 is 2.16 bits per heavy atom. The molecule has 0 amide bonds. The van der Waals surface area contributed by atoms with Crippen molar-refractivity contribution >= 4 is 5.97 Å². The summed E-state index contributed by atoms with van der Waals surface area (Å²) in [5.74, 6) is -8.49. The SMILES string of the molecule is CC1CCC(C(=O)OCCC(F)(F)C(C)(F)F)CC1. The van der Waals surface area contributed by atoms with Crippen LogP contribution >= 0.6 is 0 Å². The fourth-order valence-electron chi connectivity index (χ4n) is 2.11. The molecule has 0 aromatic rings. The molecule has 19 heavy (non-hydrogen) atoms. The van der Waals surface area contributed by atoms with Crippen LogP contribution in [0.25, 0.3) is 0 Å². The van der Waals surface area contributed by atoms with Gasteiger partial charge in [-0.1, -0.05) is 6.92 Å². The fraction of sp³-hybridized carbons (Fsp3) is 0.923. The van der Waals surface area contributed by atoms with Gasteiger partial charge in [-0.05, 0) is 31.6 Å². The Balaban J connectivity index is 2.31. The number of carbonyl (C=O) groups excluding carboxylic acids is 1. The minimum atomic E-state index is -4.14. The molecule has 0 bridgehead atoms. The van der Waals surface area contributed by atoms with Crippen LogP contribution in [0.5, 0.6) is 0 Å². The highest BCUT2D eigenvalue weighted by Gasteiger charge is 2.51. The summed E-state index contributed by atoms with van der Waals surface area (Å²) in [5.41, 5.74) is 0. The molecule has 0 saturated heterocycles. The van der Waals surface area contributed by atoms with Gasteiger partial charge in [0, 0.05) is 6.92 Å². The lowest BCUT2D eigenvalue weighted by Crippen LogP contribution is -2.39. The van der Waals surface area contributed by atoms with E-state index in [1.807, 2.05) is 0 Å². The van der Waals surface area contributed by atoms with Crippen LogP contribution in [-0.2, 0) is 9.53 Å². The summed E-state index contributed by atoms with van der Waals surface area (Å²) in [5, 5.41) is 0. The van der Waals surface area contributed by atoms with Crippen molar-refractivity contribution in [3.63, 3.8) is 0 Å². The first kappa shape index (κ1) is 16.2. The molecular weight excluding hydrogens is 264 g/mol. The number of hydrogen-bond donors (Lipinski definition) is 0. The van der Waals surface area contributed by atoms with E-state index in [4.69, 9.17) is 4.74 Å². The first-order chi connectivity index (χ1) is 8.63. The molecule has 112 valence electrons. The first-order valence-electron chi connectivity index (χ1n) is 6.56. The van der Waals surface area contributed by atoms with Crippen LogP contribution in [-0.4, -0.2) is 24.4 Å². The van der Waals surface area contributed by atoms with E-state index in [0.29, 0.717) is 18.8 Å². The third-order valence-electron chi connectivity index (χ3n) is 3.65. The molecule has 0 aliphatic heterocycles. The Morgan fingerprint density at radius 1 is 1.16 bits per heavy atom. The minimum Gasteiger partial charge on any atom is -0.465 e. The maximum absolute atomic E-state index is 12.9. The van der Waals surface area contributed by atoms with E-state index in [2.05, 4.69) is 6.92 Å². The van der Waals surface area contributed by atoms with Gasteiger partial charge >= 0.3 is 17.8 Å². The predicted octanol–water partition coefficient (Wildman–Crippen LogP) is 4.04. The van der Waals surface area contributed by atoms with Crippen molar-refractivity contribution in [1.29, 1.82) is 0 Å². The van der Waals surface area contributed by atoms with Crippen molar-refractivity contribution in [2.45, 2.75) is 57.8 Å². The average Bonchev–Trinajstić information content (AvgIpc) is 2.28. The van der Waals surface area contributed by atoms with Gasteiger partial charge in [0.25, 0.3) is 0 Å². The van der Waals surface area contributed by atoms with Crippen LogP contribution in [0, 0.1) is 11.8 Å². The lowest BCUT2D eigenvalue weighted by molar-refractivity contribution is -0.207. The maximum Gasteiger partial charge on any atom is 0.313 e. The number of esters is 1. The van der Waals surface area contributed by atoms with E-state index >= 15 is 0 Å². The van der Waals surface area contributed by atoms with Gasteiger partial charge in [-0.2, -0.15) is 8.78 Å². The third-order valence-corrected chi connectivity index (χ3v) is 3.65. The van der Waals surface area contributed by atoms with E-state index in [1.165, 1.54) is 0 Å². The van der Waals surface area contributed by atoms with E-state index < -0.39 is 30.8 Å². The maximum atomic E-state index is 12.9. The Morgan fingerprint density at radius 2 is 1.68 bits per heavy atom. The Bertz CT molecular complexity index is 304. The van der Waals surface area contributed by atoms with Gasteiger partial charge in [-0.25, -0.2) is 8.78 Å². The molecule has 0 unspecified atom stereocenters. The molecule has 0 heterocycles. The molecule has 0 radical (unpaired) electrons. The molecule has 0 aromatic heterocycles. The quantitative estimate of drug-likeness (QED) is 0.562. The van der Waals surface area contributed by atoms with Crippen molar-refractivity contribution in [2.24, 2.45) is 11.8 Å². The number of halogens is 4. The van der Waals surface area contributed by atoms with Crippen LogP contribution < -0.4 is 0 Å². The van der Waals surface area contributed by atoms with Crippen LogP contribution in [0.1, 0.15) is 46.0 Å². The molecule has 6 heteroatoms. The summed E-state index contributed by atoms with van der Waals surface area (Å²) >= 11 is 0. The fourth-order valence-corrected chi connectivity index (χ4v) is 2.11. The Kier molecular flexibility index (Phi) is 5.21. The lowest BCUT2D eigenvalue weighted by atomic mass is 9.83. The molecule has 1 aliphatic rings. The molecule has 1 aliphatic carbocycles. The third kappa shape index (κ3) is 4.66. The number of alkyl halides is 4. The largest absolute Gasteiger partial charge is 0.465 e. The topological polar surface area (TPSA) is 26.3 Å². The van der Waals surface area contributed by atoms with Crippen molar-refractivity contribution < 1.29 is 27.1 Å². The number of rotatable bonds is 5. The van der Waals surface area contributed by atoms with Crippen LogP contribution in [0.15, 0.2) is 0 Å². The molecule has 2 nitrogen and oxygen atoms in total. The second-order valence-corrected chi connectivity index (χ2v) is 5.47. The van der Waals surface area contributed by atoms with Crippen molar-refractivity contribution in [2.75, 3.05) is 6.61 Å². The van der Waals surface area contributed by atoms with Crippen LogP contribution in [0.2, 0.25) is 0 Å². The second-order valence-electron chi connectivity index (χ2n) is 5.47. The number of hydrogen-bond acceptors (Lipinski definition) is 2. The average molecular weight is 284 g/mol. The summed E-state index contributed by atoms with van der Waals surface area (Å²) in [7, 11) is 0. The summed E-state index contributed by atoms with van der Waals surface area (Å²) in [6.45, 7) is 1.59. The molecule has 0 atom stereocenters. The molecule has 1 fully saturated rings. The van der Waals surface area contributed by atoms with Crippen molar-refractivity contribution in [3.8, 4) is 0 Å². The first-order valence-corrected chi connectivity index (χ1v) is 6.56.